The zero-order chi connectivity index (χ0) is 15.9. The van der Waals surface area contributed by atoms with Gasteiger partial charge in [-0.3, -0.25) is 5.32 Å². The predicted octanol–water partition coefficient (Wildman–Crippen LogP) is 3.16. The Morgan fingerprint density at radius 3 is 2.38 bits per heavy atom. The molecule has 0 aromatic heterocycles. The van der Waals surface area contributed by atoms with Gasteiger partial charge in [0.1, 0.15) is 5.60 Å². The fraction of sp³-hybridized carbons (Fsp3) is 0.562. The SMILES string of the molecule is COCC(C)NCc1ccc(NC(=O)OC(C)(C)C)cc1. The van der Waals surface area contributed by atoms with Crippen LogP contribution in [0.2, 0.25) is 0 Å². The Bertz CT molecular complexity index is 438. The number of ether oxygens (including phenoxy) is 2. The van der Waals surface area contributed by atoms with Crippen LogP contribution >= 0.6 is 0 Å². The number of methoxy groups -OCH3 is 1. The molecule has 0 aliphatic heterocycles. The summed E-state index contributed by atoms with van der Waals surface area (Å²) in [6.07, 6.45) is -0.443. The van der Waals surface area contributed by atoms with Crippen LogP contribution < -0.4 is 10.6 Å². The molecule has 21 heavy (non-hydrogen) atoms. The Kier molecular flexibility index (Phi) is 6.65. The van der Waals surface area contributed by atoms with Gasteiger partial charge in [0, 0.05) is 25.4 Å². The molecule has 1 amide bonds. The van der Waals surface area contributed by atoms with Gasteiger partial charge in [-0.05, 0) is 45.4 Å². The van der Waals surface area contributed by atoms with E-state index in [1.807, 2.05) is 45.0 Å². The summed E-state index contributed by atoms with van der Waals surface area (Å²) >= 11 is 0. The summed E-state index contributed by atoms with van der Waals surface area (Å²) in [4.78, 5) is 11.6. The maximum atomic E-state index is 11.6. The molecule has 2 N–H and O–H groups in total. The van der Waals surface area contributed by atoms with E-state index in [1.165, 1.54) is 0 Å². The molecule has 0 bridgehead atoms. The van der Waals surface area contributed by atoms with Gasteiger partial charge in [0.05, 0.1) is 6.61 Å². The van der Waals surface area contributed by atoms with Crippen molar-refractivity contribution in [3.63, 3.8) is 0 Å². The van der Waals surface area contributed by atoms with Gasteiger partial charge < -0.3 is 14.8 Å². The molecule has 0 saturated carbocycles. The molecular formula is C16H26N2O3. The van der Waals surface area contributed by atoms with Crippen molar-refractivity contribution >= 4 is 11.8 Å². The van der Waals surface area contributed by atoms with Gasteiger partial charge >= 0.3 is 6.09 Å². The first-order chi connectivity index (χ1) is 9.80. The smallest absolute Gasteiger partial charge is 0.412 e. The third-order valence-electron chi connectivity index (χ3n) is 2.67. The number of carbonyl (C=O) groups is 1. The summed E-state index contributed by atoms with van der Waals surface area (Å²) in [6, 6.07) is 7.97. The van der Waals surface area contributed by atoms with E-state index in [2.05, 4.69) is 17.6 Å². The van der Waals surface area contributed by atoms with Crippen molar-refractivity contribution in [3.8, 4) is 0 Å². The van der Waals surface area contributed by atoms with E-state index in [1.54, 1.807) is 7.11 Å². The van der Waals surface area contributed by atoms with Gasteiger partial charge in [-0.1, -0.05) is 12.1 Å². The topological polar surface area (TPSA) is 59.6 Å². The van der Waals surface area contributed by atoms with E-state index >= 15 is 0 Å². The highest BCUT2D eigenvalue weighted by molar-refractivity contribution is 5.84. The Morgan fingerprint density at radius 1 is 1.24 bits per heavy atom. The average Bonchev–Trinajstić information content (AvgIpc) is 2.36. The Morgan fingerprint density at radius 2 is 1.86 bits per heavy atom. The second-order valence-corrected chi connectivity index (χ2v) is 6.06. The van der Waals surface area contributed by atoms with Crippen LogP contribution in [0.4, 0.5) is 10.5 Å². The van der Waals surface area contributed by atoms with E-state index in [-0.39, 0.29) is 0 Å². The summed E-state index contributed by atoms with van der Waals surface area (Å²) in [5, 5.41) is 6.06. The molecule has 5 heteroatoms. The monoisotopic (exact) mass is 294 g/mol. The molecule has 0 fully saturated rings. The minimum Gasteiger partial charge on any atom is -0.444 e. The zero-order valence-corrected chi connectivity index (χ0v) is 13.5. The number of hydrogen-bond donors (Lipinski definition) is 2. The van der Waals surface area contributed by atoms with E-state index in [4.69, 9.17) is 9.47 Å². The molecule has 1 atom stereocenters. The van der Waals surface area contributed by atoms with Crippen molar-refractivity contribution in [2.45, 2.75) is 45.9 Å². The van der Waals surface area contributed by atoms with Crippen LogP contribution in [-0.4, -0.2) is 31.5 Å². The number of carbonyl (C=O) groups excluding carboxylic acids is 1. The zero-order valence-electron chi connectivity index (χ0n) is 13.5. The maximum Gasteiger partial charge on any atom is 0.412 e. The van der Waals surface area contributed by atoms with Crippen LogP contribution in [-0.2, 0) is 16.0 Å². The molecular weight excluding hydrogens is 268 g/mol. The molecule has 1 unspecified atom stereocenters. The highest BCUT2D eigenvalue weighted by Gasteiger charge is 2.16. The largest absolute Gasteiger partial charge is 0.444 e. The first-order valence-electron chi connectivity index (χ1n) is 7.11. The lowest BCUT2D eigenvalue weighted by molar-refractivity contribution is 0.0636. The van der Waals surface area contributed by atoms with Crippen molar-refractivity contribution in [3.05, 3.63) is 29.8 Å². The predicted molar refractivity (Wildman–Crippen MR) is 84.5 cm³/mol. The van der Waals surface area contributed by atoms with E-state index in [9.17, 15) is 4.79 Å². The molecule has 118 valence electrons. The quantitative estimate of drug-likeness (QED) is 0.846. The minimum absolute atomic E-state index is 0.301. The van der Waals surface area contributed by atoms with Crippen molar-refractivity contribution in [2.24, 2.45) is 0 Å². The van der Waals surface area contributed by atoms with Crippen LogP contribution in [0.15, 0.2) is 24.3 Å². The third kappa shape index (κ3) is 7.68. The van der Waals surface area contributed by atoms with E-state index < -0.39 is 11.7 Å². The second kappa shape index (κ2) is 8.00. The highest BCUT2D eigenvalue weighted by atomic mass is 16.6. The van der Waals surface area contributed by atoms with Crippen LogP contribution in [0.3, 0.4) is 0 Å². The lowest BCUT2D eigenvalue weighted by Crippen LogP contribution is -2.29. The van der Waals surface area contributed by atoms with Crippen LogP contribution in [0.5, 0.6) is 0 Å². The first-order valence-corrected chi connectivity index (χ1v) is 7.11. The van der Waals surface area contributed by atoms with Gasteiger partial charge in [-0.15, -0.1) is 0 Å². The lowest BCUT2D eigenvalue weighted by Gasteiger charge is -2.19. The molecule has 1 aromatic rings. The average molecular weight is 294 g/mol. The molecule has 5 nitrogen and oxygen atoms in total. The molecule has 0 radical (unpaired) electrons. The van der Waals surface area contributed by atoms with Crippen molar-refractivity contribution in [1.29, 1.82) is 0 Å². The molecule has 0 aliphatic rings. The Hall–Kier alpha value is -1.59. The number of anilines is 1. The number of hydrogen-bond acceptors (Lipinski definition) is 4. The standard InChI is InChI=1S/C16H26N2O3/c1-12(11-20-5)17-10-13-6-8-14(9-7-13)18-15(19)21-16(2,3)4/h6-9,12,17H,10-11H2,1-5H3,(H,18,19). The lowest BCUT2D eigenvalue weighted by atomic mass is 10.2. The third-order valence-corrected chi connectivity index (χ3v) is 2.67. The molecule has 0 aliphatic carbocycles. The summed E-state index contributed by atoms with van der Waals surface area (Å²) in [5.41, 5.74) is 1.37. The fourth-order valence-corrected chi connectivity index (χ4v) is 1.73. The normalized spacial score (nSPS) is 12.8. The van der Waals surface area contributed by atoms with Gasteiger partial charge in [-0.2, -0.15) is 0 Å². The fourth-order valence-electron chi connectivity index (χ4n) is 1.73. The van der Waals surface area contributed by atoms with Crippen molar-refractivity contribution < 1.29 is 14.3 Å². The number of benzene rings is 1. The number of amides is 1. The van der Waals surface area contributed by atoms with Crippen LogP contribution in [0.25, 0.3) is 0 Å². The van der Waals surface area contributed by atoms with Crippen LogP contribution in [0, 0.1) is 0 Å². The van der Waals surface area contributed by atoms with Crippen molar-refractivity contribution in [1.82, 2.24) is 5.32 Å². The summed E-state index contributed by atoms with van der Waals surface area (Å²) in [5.74, 6) is 0. The molecule has 0 saturated heterocycles. The maximum absolute atomic E-state index is 11.6. The summed E-state index contributed by atoms with van der Waals surface area (Å²) < 4.78 is 10.3. The first kappa shape index (κ1) is 17.5. The highest BCUT2D eigenvalue weighted by Crippen LogP contribution is 2.13. The van der Waals surface area contributed by atoms with Gasteiger partial charge in [0.25, 0.3) is 0 Å². The Labute approximate surface area is 127 Å². The van der Waals surface area contributed by atoms with Crippen LogP contribution in [0.1, 0.15) is 33.3 Å². The molecule has 1 rings (SSSR count). The van der Waals surface area contributed by atoms with E-state index in [0.29, 0.717) is 12.6 Å². The molecule has 1 aromatic carbocycles. The van der Waals surface area contributed by atoms with Gasteiger partial charge in [0.2, 0.25) is 0 Å². The van der Waals surface area contributed by atoms with E-state index in [0.717, 1.165) is 17.8 Å². The Balaban J connectivity index is 2.45. The van der Waals surface area contributed by atoms with Crippen molar-refractivity contribution in [2.75, 3.05) is 19.0 Å². The van der Waals surface area contributed by atoms with Gasteiger partial charge in [0.15, 0.2) is 0 Å². The van der Waals surface area contributed by atoms with Gasteiger partial charge in [-0.25, -0.2) is 4.79 Å². The number of rotatable bonds is 6. The molecule has 0 heterocycles. The summed E-state index contributed by atoms with van der Waals surface area (Å²) in [6.45, 7) is 9.02. The molecule has 0 spiro atoms. The minimum atomic E-state index is -0.495. The number of nitrogens with one attached hydrogen (secondary N) is 2. The summed E-state index contributed by atoms with van der Waals surface area (Å²) in [7, 11) is 1.69. The second-order valence-electron chi connectivity index (χ2n) is 6.06.